The third-order valence-electron chi connectivity index (χ3n) is 7.55. The molecule has 7 nitrogen and oxygen atoms in total. The van der Waals surface area contributed by atoms with Gasteiger partial charge in [-0.05, 0) is 79.6 Å². The van der Waals surface area contributed by atoms with E-state index in [4.69, 9.17) is 0 Å². The summed E-state index contributed by atoms with van der Waals surface area (Å²) >= 11 is 0. The van der Waals surface area contributed by atoms with Crippen molar-refractivity contribution >= 4 is 22.5 Å². The van der Waals surface area contributed by atoms with Crippen LogP contribution in [0.2, 0.25) is 0 Å². The number of likely N-dealkylation sites (N-methyl/N-ethyl adjacent to an activating group) is 1. The molecule has 1 amide bonds. The monoisotopic (exact) mass is 482 g/mol. The summed E-state index contributed by atoms with van der Waals surface area (Å²) in [5.74, 6) is 1.00. The average molecular weight is 483 g/mol. The topological polar surface area (TPSA) is 80.4 Å². The molecule has 0 saturated carbocycles. The summed E-state index contributed by atoms with van der Waals surface area (Å²) < 4.78 is 1.89. The van der Waals surface area contributed by atoms with Crippen molar-refractivity contribution in [3.8, 4) is 17.3 Å². The Labute approximate surface area is 212 Å². The van der Waals surface area contributed by atoms with E-state index < -0.39 is 0 Å². The number of aryl methyl sites for hydroxylation is 1. The van der Waals surface area contributed by atoms with E-state index in [2.05, 4.69) is 59.1 Å². The summed E-state index contributed by atoms with van der Waals surface area (Å²) in [4.78, 5) is 24.2. The van der Waals surface area contributed by atoms with Crippen molar-refractivity contribution in [3.63, 3.8) is 0 Å². The van der Waals surface area contributed by atoms with Gasteiger partial charge in [-0.25, -0.2) is 4.98 Å². The maximum Gasteiger partial charge on any atom is 0.236 e. The zero-order valence-corrected chi connectivity index (χ0v) is 21.8. The number of aromatic nitrogens is 3. The first kappa shape index (κ1) is 24.1. The second-order valence-electron chi connectivity index (χ2n) is 10.6. The van der Waals surface area contributed by atoms with E-state index in [1.165, 1.54) is 16.5 Å². The second-order valence-corrected chi connectivity index (χ2v) is 10.6. The molecule has 0 atom stereocenters. The number of piperidine rings is 1. The van der Waals surface area contributed by atoms with Crippen molar-refractivity contribution in [2.45, 2.75) is 45.4 Å². The van der Waals surface area contributed by atoms with Gasteiger partial charge in [-0.3, -0.25) is 14.1 Å². The van der Waals surface area contributed by atoms with Crippen molar-refractivity contribution in [2.24, 2.45) is 0 Å². The Morgan fingerprint density at radius 3 is 2.67 bits per heavy atom. The van der Waals surface area contributed by atoms with Gasteiger partial charge < -0.3 is 9.88 Å². The average Bonchev–Trinajstić information content (AvgIpc) is 3.45. The number of pyridine rings is 1. The Morgan fingerprint density at radius 2 is 2.00 bits per heavy atom. The third kappa shape index (κ3) is 4.27. The number of nitrogens with zero attached hydrogens (tertiary/aromatic N) is 5. The van der Waals surface area contributed by atoms with Crippen LogP contribution in [0.15, 0.2) is 36.7 Å². The molecule has 1 fully saturated rings. The normalized spacial score (nSPS) is 15.1. The highest BCUT2D eigenvalue weighted by atomic mass is 16.2. The molecule has 1 aliphatic rings. The molecule has 0 bridgehead atoms. The van der Waals surface area contributed by atoms with E-state index in [-0.39, 0.29) is 5.91 Å². The number of fused-ring (bicyclic) bond motifs is 2. The number of nitrogens with one attached hydrogen (secondary N) is 1. The zero-order chi connectivity index (χ0) is 25.6. The first-order valence-electron chi connectivity index (χ1n) is 12.7. The number of hydrogen-bond donors (Lipinski definition) is 1. The van der Waals surface area contributed by atoms with Gasteiger partial charge in [0.2, 0.25) is 5.91 Å². The van der Waals surface area contributed by atoms with Gasteiger partial charge in [0.25, 0.3) is 0 Å². The number of likely N-dealkylation sites (tertiary alicyclic amines) is 1. The number of carbonyl (C=O) groups excluding carboxylic acids is 1. The van der Waals surface area contributed by atoms with Crippen LogP contribution >= 0.6 is 0 Å². The summed E-state index contributed by atoms with van der Waals surface area (Å²) in [7, 11) is 3.64. The smallest absolute Gasteiger partial charge is 0.236 e. The molecule has 36 heavy (non-hydrogen) atoms. The third-order valence-corrected chi connectivity index (χ3v) is 7.55. The summed E-state index contributed by atoms with van der Waals surface area (Å²) in [6.07, 6.45) is 5.78. The van der Waals surface area contributed by atoms with Crippen LogP contribution in [-0.2, 0) is 4.79 Å². The number of carbonyl (C=O) groups is 1. The van der Waals surface area contributed by atoms with E-state index in [0.717, 1.165) is 53.9 Å². The maximum absolute atomic E-state index is 12.1. The minimum Gasteiger partial charge on any atom is -0.354 e. The molecule has 4 aromatic rings. The lowest BCUT2D eigenvalue weighted by atomic mass is 9.87. The highest BCUT2D eigenvalue weighted by Gasteiger charge is 2.24. The molecule has 7 heteroatoms. The van der Waals surface area contributed by atoms with E-state index in [1.807, 2.05) is 31.6 Å². The maximum atomic E-state index is 12.1. The van der Waals surface area contributed by atoms with Crippen molar-refractivity contribution in [3.05, 3.63) is 59.0 Å². The molecule has 186 valence electrons. The Bertz CT molecular complexity index is 1480. The number of hydrogen-bond acceptors (Lipinski definition) is 4. The number of H-pyrrole nitrogens is 1. The lowest BCUT2D eigenvalue weighted by molar-refractivity contribution is -0.130. The van der Waals surface area contributed by atoms with Gasteiger partial charge in [-0.15, -0.1) is 0 Å². The number of rotatable bonds is 5. The molecule has 1 N–H and O–H groups in total. The fourth-order valence-corrected chi connectivity index (χ4v) is 5.55. The summed E-state index contributed by atoms with van der Waals surface area (Å²) in [5.41, 5.74) is 8.39. The van der Waals surface area contributed by atoms with Crippen LogP contribution in [0, 0.1) is 18.3 Å². The Hall–Kier alpha value is -3.63. The SMILES string of the molecule is Cc1cc(-c2[nH]c3ccc(C4CCN(CC(=O)N(C)C)CC4)cc3c2C(C)C)cn2c(C#N)cnc12. The molecule has 4 heterocycles. The van der Waals surface area contributed by atoms with Crippen LogP contribution in [-0.4, -0.2) is 63.8 Å². The molecule has 5 rings (SSSR count). The number of aromatic amines is 1. The van der Waals surface area contributed by atoms with Crippen molar-refractivity contribution in [1.82, 2.24) is 24.2 Å². The largest absolute Gasteiger partial charge is 0.354 e. The lowest BCUT2D eigenvalue weighted by Gasteiger charge is -2.32. The van der Waals surface area contributed by atoms with Crippen molar-refractivity contribution in [1.29, 1.82) is 5.26 Å². The first-order valence-corrected chi connectivity index (χ1v) is 12.7. The van der Waals surface area contributed by atoms with Crippen LogP contribution in [0.3, 0.4) is 0 Å². The molecular formula is C29H34N6O. The van der Waals surface area contributed by atoms with Gasteiger partial charge >= 0.3 is 0 Å². The number of imidazole rings is 1. The molecule has 0 radical (unpaired) electrons. The van der Waals surface area contributed by atoms with Crippen LogP contribution in [0.4, 0.5) is 0 Å². The van der Waals surface area contributed by atoms with E-state index in [9.17, 15) is 10.1 Å². The quantitative estimate of drug-likeness (QED) is 0.431. The second kappa shape index (κ2) is 9.44. The van der Waals surface area contributed by atoms with Gasteiger partial charge in [0.05, 0.1) is 18.4 Å². The standard InChI is InChI=1S/C29H34N6O/c1-18(2)27-24-13-21(20-8-10-34(11-9-20)17-26(36)33(4)5)6-7-25(24)32-28(27)22-12-19(3)29-31-15-23(14-30)35(29)16-22/h6-7,12-13,15-16,18,20,32H,8-11,17H2,1-5H3. The Kier molecular flexibility index (Phi) is 6.31. The molecule has 1 saturated heterocycles. The van der Waals surface area contributed by atoms with Gasteiger partial charge in [0.1, 0.15) is 17.4 Å². The number of benzene rings is 1. The van der Waals surface area contributed by atoms with Gasteiger partial charge in [0, 0.05) is 36.8 Å². The molecular weight excluding hydrogens is 448 g/mol. The molecule has 1 aromatic carbocycles. The zero-order valence-electron chi connectivity index (χ0n) is 21.8. The van der Waals surface area contributed by atoms with Crippen LogP contribution < -0.4 is 0 Å². The molecule has 3 aromatic heterocycles. The fraction of sp³-hybridized carbons (Fsp3) is 0.414. The van der Waals surface area contributed by atoms with E-state index in [1.54, 1.807) is 11.1 Å². The highest BCUT2D eigenvalue weighted by molar-refractivity contribution is 5.92. The minimum atomic E-state index is 0.169. The summed E-state index contributed by atoms with van der Waals surface area (Å²) in [6, 6.07) is 11.3. The molecule has 0 spiro atoms. The van der Waals surface area contributed by atoms with Crippen LogP contribution in [0.5, 0.6) is 0 Å². The minimum absolute atomic E-state index is 0.169. The number of nitriles is 1. The lowest BCUT2D eigenvalue weighted by Crippen LogP contribution is -2.40. The predicted octanol–water partition coefficient (Wildman–Crippen LogP) is 5.05. The van der Waals surface area contributed by atoms with Gasteiger partial charge in [-0.1, -0.05) is 19.9 Å². The van der Waals surface area contributed by atoms with E-state index in [0.29, 0.717) is 24.1 Å². The van der Waals surface area contributed by atoms with Gasteiger partial charge in [0.15, 0.2) is 0 Å². The Balaban J connectivity index is 1.48. The first-order chi connectivity index (χ1) is 17.3. The predicted molar refractivity (Wildman–Crippen MR) is 143 cm³/mol. The van der Waals surface area contributed by atoms with Crippen molar-refractivity contribution < 1.29 is 4.79 Å². The van der Waals surface area contributed by atoms with Gasteiger partial charge in [-0.2, -0.15) is 5.26 Å². The van der Waals surface area contributed by atoms with Crippen molar-refractivity contribution in [2.75, 3.05) is 33.7 Å². The molecule has 0 unspecified atom stereocenters. The van der Waals surface area contributed by atoms with E-state index >= 15 is 0 Å². The summed E-state index contributed by atoms with van der Waals surface area (Å²) in [6.45, 7) is 8.92. The summed E-state index contributed by atoms with van der Waals surface area (Å²) in [5, 5.41) is 10.8. The molecule has 1 aliphatic heterocycles. The fourth-order valence-electron chi connectivity index (χ4n) is 5.55. The molecule has 0 aliphatic carbocycles. The Morgan fingerprint density at radius 1 is 1.25 bits per heavy atom. The number of amides is 1. The highest BCUT2D eigenvalue weighted by Crippen LogP contribution is 2.38. The van der Waals surface area contributed by atoms with Crippen LogP contribution in [0.1, 0.15) is 60.9 Å². The van der Waals surface area contributed by atoms with Crippen LogP contribution in [0.25, 0.3) is 27.8 Å².